The molecule has 6 heteroatoms. The molecule has 1 amide bonds. The van der Waals surface area contributed by atoms with E-state index < -0.39 is 0 Å². The molecule has 5 nitrogen and oxygen atoms in total. The van der Waals surface area contributed by atoms with E-state index in [1.807, 2.05) is 4.57 Å². The molecule has 2 rings (SSSR count). The Morgan fingerprint density at radius 3 is 2.92 bits per heavy atom. The highest BCUT2D eigenvalue weighted by Gasteiger charge is 2.21. The zero-order chi connectivity index (χ0) is 9.42. The zero-order valence-electron chi connectivity index (χ0n) is 7.20. The molecular weight excluding hydrogens is 236 g/mol. The minimum Gasteiger partial charge on any atom is -0.334 e. The predicted molar refractivity (Wildman–Crippen MR) is 48.8 cm³/mol. The van der Waals surface area contributed by atoms with Crippen molar-refractivity contribution in [2.24, 2.45) is 0 Å². The summed E-state index contributed by atoms with van der Waals surface area (Å²) in [5, 5.41) is 7.84. The number of hydrogen-bond acceptors (Lipinski definition) is 3. The normalized spacial score (nSPS) is 15.7. The highest BCUT2D eigenvalue weighted by Crippen LogP contribution is 2.15. The minimum absolute atomic E-state index is 0.0883. The van der Waals surface area contributed by atoms with Crippen LogP contribution in [0.25, 0.3) is 0 Å². The first-order valence-electron chi connectivity index (χ1n) is 4.01. The topological polar surface area (TPSA) is 51.0 Å². The SMILES string of the molecule is CC(=O)N1CCn2c(Br)nnc2C1. The Kier molecular flexibility index (Phi) is 2.07. The molecule has 0 atom stereocenters. The maximum atomic E-state index is 11.1. The van der Waals surface area contributed by atoms with Crippen molar-refractivity contribution in [2.75, 3.05) is 6.54 Å². The quantitative estimate of drug-likeness (QED) is 0.664. The Balaban J connectivity index is 2.25. The van der Waals surface area contributed by atoms with Crippen LogP contribution in [-0.2, 0) is 17.9 Å². The van der Waals surface area contributed by atoms with E-state index in [4.69, 9.17) is 0 Å². The number of amides is 1. The van der Waals surface area contributed by atoms with Crippen LogP contribution in [0.15, 0.2) is 4.73 Å². The molecule has 0 bridgehead atoms. The van der Waals surface area contributed by atoms with Gasteiger partial charge in [0.1, 0.15) is 0 Å². The number of halogens is 1. The van der Waals surface area contributed by atoms with Crippen molar-refractivity contribution in [3.8, 4) is 0 Å². The molecule has 0 fully saturated rings. The van der Waals surface area contributed by atoms with E-state index >= 15 is 0 Å². The third-order valence-electron chi connectivity index (χ3n) is 2.15. The predicted octanol–water partition coefficient (Wildman–Crippen LogP) is 0.403. The van der Waals surface area contributed by atoms with Crippen molar-refractivity contribution >= 4 is 21.8 Å². The minimum atomic E-state index is 0.0883. The number of carbonyl (C=O) groups is 1. The van der Waals surface area contributed by atoms with Crippen LogP contribution in [0.4, 0.5) is 0 Å². The first-order valence-corrected chi connectivity index (χ1v) is 4.81. The van der Waals surface area contributed by atoms with Crippen molar-refractivity contribution in [2.45, 2.75) is 20.0 Å². The number of nitrogens with zero attached hydrogens (tertiary/aromatic N) is 4. The molecule has 1 aromatic rings. The Hall–Kier alpha value is -0.910. The maximum absolute atomic E-state index is 11.1. The van der Waals surface area contributed by atoms with Gasteiger partial charge in [-0.1, -0.05) is 0 Å². The van der Waals surface area contributed by atoms with Crippen LogP contribution in [0, 0.1) is 0 Å². The summed E-state index contributed by atoms with van der Waals surface area (Å²) in [7, 11) is 0. The van der Waals surface area contributed by atoms with Gasteiger partial charge in [0.25, 0.3) is 0 Å². The lowest BCUT2D eigenvalue weighted by Gasteiger charge is -2.26. The monoisotopic (exact) mass is 244 g/mol. The zero-order valence-corrected chi connectivity index (χ0v) is 8.78. The Morgan fingerprint density at radius 1 is 1.46 bits per heavy atom. The van der Waals surface area contributed by atoms with E-state index in [0.717, 1.165) is 23.6 Å². The van der Waals surface area contributed by atoms with Crippen molar-refractivity contribution in [1.82, 2.24) is 19.7 Å². The lowest BCUT2D eigenvalue weighted by atomic mass is 10.3. The van der Waals surface area contributed by atoms with Gasteiger partial charge in [0.15, 0.2) is 10.6 Å². The standard InChI is InChI=1S/C7H9BrN4O/c1-5(13)11-2-3-12-6(4-11)9-10-7(12)8/h2-4H2,1H3. The fourth-order valence-electron chi connectivity index (χ4n) is 1.39. The molecule has 0 saturated heterocycles. The van der Waals surface area contributed by atoms with Crippen LogP contribution in [0.5, 0.6) is 0 Å². The van der Waals surface area contributed by atoms with Crippen LogP contribution in [0.3, 0.4) is 0 Å². The number of carbonyl (C=O) groups excluding carboxylic acids is 1. The third kappa shape index (κ3) is 1.46. The van der Waals surface area contributed by atoms with Gasteiger partial charge in [-0.2, -0.15) is 0 Å². The molecule has 70 valence electrons. The lowest BCUT2D eigenvalue weighted by molar-refractivity contribution is -0.130. The summed E-state index contributed by atoms with van der Waals surface area (Å²) in [4.78, 5) is 12.8. The summed E-state index contributed by atoms with van der Waals surface area (Å²) in [6.07, 6.45) is 0. The van der Waals surface area contributed by atoms with Gasteiger partial charge in [0.2, 0.25) is 5.91 Å². The molecule has 1 aliphatic rings. The second kappa shape index (κ2) is 3.10. The highest BCUT2D eigenvalue weighted by atomic mass is 79.9. The van der Waals surface area contributed by atoms with Crippen molar-refractivity contribution in [1.29, 1.82) is 0 Å². The average Bonchev–Trinajstić information content (AvgIpc) is 2.47. The van der Waals surface area contributed by atoms with E-state index in [-0.39, 0.29) is 5.91 Å². The van der Waals surface area contributed by atoms with Gasteiger partial charge in [-0.15, -0.1) is 10.2 Å². The summed E-state index contributed by atoms with van der Waals surface area (Å²) in [5.41, 5.74) is 0. The van der Waals surface area contributed by atoms with Gasteiger partial charge >= 0.3 is 0 Å². The Morgan fingerprint density at radius 2 is 2.23 bits per heavy atom. The highest BCUT2D eigenvalue weighted by molar-refractivity contribution is 9.10. The smallest absolute Gasteiger partial charge is 0.219 e. The molecule has 0 radical (unpaired) electrons. The average molecular weight is 245 g/mol. The molecule has 0 unspecified atom stereocenters. The van der Waals surface area contributed by atoms with E-state index in [2.05, 4.69) is 26.1 Å². The third-order valence-corrected chi connectivity index (χ3v) is 2.74. The molecule has 1 aliphatic heterocycles. The van der Waals surface area contributed by atoms with E-state index in [9.17, 15) is 4.79 Å². The number of rotatable bonds is 0. The van der Waals surface area contributed by atoms with Crippen LogP contribution in [0.2, 0.25) is 0 Å². The first kappa shape index (κ1) is 8.68. The van der Waals surface area contributed by atoms with Gasteiger partial charge < -0.3 is 9.47 Å². The first-order chi connectivity index (χ1) is 6.18. The molecule has 0 N–H and O–H groups in total. The Labute approximate surface area is 83.9 Å². The molecule has 0 spiro atoms. The Bertz CT molecular complexity index is 348. The summed E-state index contributed by atoms with van der Waals surface area (Å²) >= 11 is 3.29. The fourth-order valence-corrected chi connectivity index (χ4v) is 1.85. The molecular formula is C7H9BrN4O. The van der Waals surface area contributed by atoms with E-state index in [1.165, 1.54) is 0 Å². The van der Waals surface area contributed by atoms with Crippen LogP contribution in [-0.4, -0.2) is 32.1 Å². The van der Waals surface area contributed by atoms with Gasteiger partial charge in [-0.25, -0.2) is 0 Å². The number of aromatic nitrogens is 3. The second-order valence-electron chi connectivity index (χ2n) is 2.98. The number of hydrogen-bond donors (Lipinski definition) is 0. The van der Waals surface area contributed by atoms with Gasteiger partial charge in [0, 0.05) is 20.0 Å². The van der Waals surface area contributed by atoms with Crippen LogP contribution in [0.1, 0.15) is 12.7 Å². The lowest BCUT2D eigenvalue weighted by Crippen LogP contribution is -2.37. The summed E-state index contributed by atoms with van der Waals surface area (Å²) in [6.45, 7) is 3.64. The second-order valence-corrected chi connectivity index (χ2v) is 3.69. The molecule has 1 aromatic heterocycles. The van der Waals surface area contributed by atoms with Crippen molar-refractivity contribution < 1.29 is 4.79 Å². The summed E-state index contributed by atoms with van der Waals surface area (Å²) in [6, 6.07) is 0. The summed E-state index contributed by atoms with van der Waals surface area (Å²) < 4.78 is 2.71. The van der Waals surface area contributed by atoms with Crippen LogP contribution < -0.4 is 0 Å². The van der Waals surface area contributed by atoms with Crippen molar-refractivity contribution in [3.05, 3.63) is 10.6 Å². The fraction of sp³-hybridized carbons (Fsp3) is 0.571. The number of fused-ring (bicyclic) bond motifs is 1. The molecule has 2 heterocycles. The van der Waals surface area contributed by atoms with E-state index in [1.54, 1.807) is 11.8 Å². The molecule has 0 saturated carbocycles. The van der Waals surface area contributed by atoms with E-state index in [0.29, 0.717) is 6.54 Å². The van der Waals surface area contributed by atoms with Gasteiger partial charge in [-0.3, -0.25) is 4.79 Å². The molecule has 13 heavy (non-hydrogen) atoms. The largest absolute Gasteiger partial charge is 0.334 e. The van der Waals surface area contributed by atoms with Gasteiger partial charge in [-0.05, 0) is 15.9 Å². The molecule has 0 aromatic carbocycles. The van der Waals surface area contributed by atoms with Gasteiger partial charge in [0.05, 0.1) is 6.54 Å². The molecule has 0 aliphatic carbocycles. The maximum Gasteiger partial charge on any atom is 0.219 e. The van der Waals surface area contributed by atoms with Crippen molar-refractivity contribution in [3.63, 3.8) is 0 Å². The summed E-state index contributed by atoms with van der Waals surface area (Å²) in [5.74, 6) is 0.929. The van der Waals surface area contributed by atoms with Crippen LogP contribution >= 0.6 is 15.9 Å².